The van der Waals surface area contributed by atoms with Crippen molar-refractivity contribution in [3.63, 3.8) is 0 Å². The summed E-state index contributed by atoms with van der Waals surface area (Å²) in [7, 11) is 1.79. The lowest BCUT2D eigenvalue weighted by molar-refractivity contribution is 0.0910. The Kier molecular flexibility index (Phi) is 4.10. The van der Waals surface area contributed by atoms with Crippen LogP contribution in [0.15, 0.2) is 18.5 Å². The van der Waals surface area contributed by atoms with Gasteiger partial charge in [-0.3, -0.25) is 9.78 Å². The topological polar surface area (TPSA) is 54.0 Å². The van der Waals surface area contributed by atoms with Crippen molar-refractivity contribution in [3.05, 3.63) is 24.0 Å². The van der Waals surface area contributed by atoms with Crippen LogP contribution in [0.1, 0.15) is 38.1 Å². The number of aromatic nitrogens is 1. The lowest BCUT2D eigenvalue weighted by atomic mass is 9.88. The van der Waals surface area contributed by atoms with Crippen molar-refractivity contribution in [1.29, 1.82) is 0 Å². The molecule has 0 radical (unpaired) electrons. The van der Waals surface area contributed by atoms with Gasteiger partial charge < -0.3 is 10.6 Å². The van der Waals surface area contributed by atoms with Crippen molar-refractivity contribution in [3.8, 4) is 0 Å². The molecule has 1 aromatic heterocycles. The molecule has 4 heteroatoms. The van der Waals surface area contributed by atoms with Crippen LogP contribution in [0.5, 0.6) is 0 Å². The van der Waals surface area contributed by atoms with E-state index in [0.29, 0.717) is 5.56 Å². The maximum Gasteiger partial charge on any atom is 0.255 e. The van der Waals surface area contributed by atoms with E-state index >= 15 is 0 Å². The first-order valence-corrected chi connectivity index (χ1v) is 5.79. The lowest BCUT2D eigenvalue weighted by Crippen LogP contribution is -2.41. The average molecular weight is 235 g/mol. The fourth-order valence-electron chi connectivity index (χ4n) is 1.28. The summed E-state index contributed by atoms with van der Waals surface area (Å²) in [5.41, 5.74) is 1.40. The minimum absolute atomic E-state index is 0.0394. The van der Waals surface area contributed by atoms with Crippen LogP contribution >= 0.6 is 0 Å². The first-order valence-electron chi connectivity index (χ1n) is 5.79. The van der Waals surface area contributed by atoms with Gasteiger partial charge in [0.25, 0.3) is 5.91 Å². The zero-order valence-corrected chi connectivity index (χ0v) is 11.2. The van der Waals surface area contributed by atoms with Gasteiger partial charge in [0.2, 0.25) is 0 Å². The molecular weight excluding hydrogens is 214 g/mol. The highest BCUT2D eigenvalue weighted by molar-refractivity contribution is 5.99. The first-order chi connectivity index (χ1) is 7.86. The Labute approximate surface area is 103 Å². The standard InChI is InChI=1S/C13H21N3O/c1-9(13(2,3)4)16-12(17)10-8-15-7-6-11(10)14-5/h6-9H,1-5H3,(H,14,15)(H,16,17). The number of pyridine rings is 1. The molecule has 17 heavy (non-hydrogen) atoms. The predicted molar refractivity (Wildman–Crippen MR) is 70.2 cm³/mol. The summed E-state index contributed by atoms with van der Waals surface area (Å²) in [6, 6.07) is 1.89. The average Bonchev–Trinajstić information content (AvgIpc) is 2.27. The van der Waals surface area contributed by atoms with Crippen molar-refractivity contribution in [2.24, 2.45) is 5.41 Å². The molecule has 1 rings (SSSR count). The second kappa shape index (κ2) is 5.17. The molecule has 0 aliphatic rings. The Hall–Kier alpha value is -1.58. The minimum atomic E-state index is -0.0927. The highest BCUT2D eigenvalue weighted by Crippen LogP contribution is 2.20. The molecule has 94 valence electrons. The third-order valence-corrected chi connectivity index (χ3v) is 2.98. The number of nitrogens with zero attached hydrogens (tertiary/aromatic N) is 1. The fraction of sp³-hybridized carbons (Fsp3) is 0.538. The van der Waals surface area contributed by atoms with E-state index in [1.807, 2.05) is 6.92 Å². The van der Waals surface area contributed by atoms with Crippen LogP contribution in [0.4, 0.5) is 5.69 Å². The van der Waals surface area contributed by atoms with E-state index in [2.05, 4.69) is 36.4 Å². The number of hydrogen-bond donors (Lipinski definition) is 2. The maximum atomic E-state index is 12.1. The van der Waals surface area contributed by atoms with Gasteiger partial charge in [0.05, 0.1) is 5.56 Å². The van der Waals surface area contributed by atoms with E-state index in [9.17, 15) is 4.79 Å². The van der Waals surface area contributed by atoms with Crippen molar-refractivity contribution >= 4 is 11.6 Å². The predicted octanol–water partition coefficient (Wildman–Crippen LogP) is 2.29. The van der Waals surface area contributed by atoms with E-state index in [4.69, 9.17) is 0 Å². The van der Waals surface area contributed by atoms with Crippen LogP contribution in [0.3, 0.4) is 0 Å². The van der Waals surface area contributed by atoms with Crippen LogP contribution in [0.2, 0.25) is 0 Å². The van der Waals surface area contributed by atoms with E-state index < -0.39 is 0 Å². The molecule has 0 fully saturated rings. The third-order valence-electron chi connectivity index (χ3n) is 2.98. The van der Waals surface area contributed by atoms with Gasteiger partial charge in [-0.25, -0.2) is 0 Å². The zero-order chi connectivity index (χ0) is 13.1. The molecule has 0 spiro atoms. The number of amides is 1. The van der Waals surface area contributed by atoms with Crippen molar-refractivity contribution in [2.45, 2.75) is 33.7 Å². The number of carbonyl (C=O) groups is 1. The summed E-state index contributed by atoms with van der Waals surface area (Å²) in [6.45, 7) is 8.30. The molecule has 0 saturated carbocycles. The molecule has 2 N–H and O–H groups in total. The van der Waals surface area contributed by atoms with E-state index in [-0.39, 0.29) is 17.4 Å². The molecule has 1 aromatic rings. The second-order valence-electron chi connectivity index (χ2n) is 5.23. The Morgan fingerprint density at radius 3 is 2.59 bits per heavy atom. The number of hydrogen-bond acceptors (Lipinski definition) is 3. The SMILES string of the molecule is CNc1ccncc1C(=O)NC(C)C(C)(C)C. The van der Waals surface area contributed by atoms with Crippen LogP contribution < -0.4 is 10.6 Å². The van der Waals surface area contributed by atoms with Crippen molar-refractivity contribution in [2.75, 3.05) is 12.4 Å². The fourth-order valence-corrected chi connectivity index (χ4v) is 1.28. The second-order valence-corrected chi connectivity index (χ2v) is 5.23. The van der Waals surface area contributed by atoms with Crippen LogP contribution in [0, 0.1) is 5.41 Å². The third kappa shape index (κ3) is 3.44. The largest absolute Gasteiger partial charge is 0.387 e. The Morgan fingerprint density at radius 2 is 2.06 bits per heavy atom. The Balaban J connectivity index is 2.84. The van der Waals surface area contributed by atoms with Gasteiger partial charge >= 0.3 is 0 Å². The van der Waals surface area contributed by atoms with Crippen molar-refractivity contribution < 1.29 is 4.79 Å². The number of carbonyl (C=O) groups excluding carboxylic acids is 1. The molecule has 0 saturated heterocycles. The Morgan fingerprint density at radius 1 is 1.41 bits per heavy atom. The molecular formula is C13H21N3O. The van der Waals surface area contributed by atoms with Gasteiger partial charge in [-0.15, -0.1) is 0 Å². The van der Waals surface area contributed by atoms with Gasteiger partial charge in [0, 0.05) is 31.2 Å². The molecule has 0 aromatic carbocycles. The van der Waals surface area contributed by atoms with Crippen LogP contribution in [0.25, 0.3) is 0 Å². The van der Waals surface area contributed by atoms with E-state index in [1.54, 1.807) is 25.5 Å². The first kappa shape index (κ1) is 13.5. The molecule has 0 aliphatic heterocycles. The molecule has 4 nitrogen and oxygen atoms in total. The molecule has 0 aliphatic carbocycles. The zero-order valence-electron chi connectivity index (χ0n) is 11.2. The van der Waals surface area contributed by atoms with E-state index in [1.165, 1.54) is 0 Å². The molecule has 1 heterocycles. The molecule has 1 atom stereocenters. The molecule has 1 amide bonds. The summed E-state index contributed by atoms with van der Waals surface area (Å²) in [5.74, 6) is -0.0927. The normalized spacial score (nSPS) is 13.0. The van der Waals surface area contributed by atoms with Gasteiger partial charge in [0.15, 0.2) is 0 Å². The summed E-state index contributed by atoms with van der Waals surface area (Å²) in [6.07, 6.45) is 3.24. The summed E-state index contributed by atoms with van der Waals surface area (Å²) >= 11 is 0. The summed E-state index contributed by atoms with van der Waals surface area (Å²) in [5, 5.41) is 5.98. The van der Waals surface area contributed by atoms with Crippen LogP contribution in [-0.4, -0.2) is 24.0 Å². The Bertz CT molecular complexity index is 396. The van der Waals surface area contributed by atoms with Gasteiger partial charge in [-0.1, -0.05) is 20.8 Å². The smallest absolute Gasteiger partial charge is 0.255 e. The number of anilines is 1. The van der Waals surface area contributed by atoms with E-state index in [0.717, 1.165) is 5.69 Å². The quantitative estimate of drug-likeness (QED) is 0.845. The summed E-state index contributed by atoms with van der Waals surface area (Å²) < 4.78 is 0. The summed E-state index contributed by atoms with van der Waals surface area (Å²) in [4.78, 5) is 16.1. The molecule has 0 bridgehead atoms. The van der Waals surface area contributed by atoms with Gasteiger partial charge in [-0.05, 0) is 18.4 Å². The van der Waals surface area contributed by atoms with Gasteiger partial charge in [0.1, 0.15) is 0 Å². The molecule has 1 unspecified atom stereocenters. The lowest BCUT2D eigenvalue weighted by Gasteiger charge is -2.28. The minimum Gasteiger partial charge on any atom is -0.387 e. The van der Waals surface area contributed by atoms with Crippen LogP contribution in [-0.2, 0) is 0 Å². The van der Waals surface area contributed by atoms with Crippen molar-refractivity contribution in [1.82, 2.24) is 10.3 Å². The number of nitrogens with one attached hydrogen (secondary N) is 2. The van der Waals surface area contributed by atoms with Gasteiger partial charge in [-0.2, -0.15) is 0 Å². The highest BCUT2D eigenvalue weighted by atomic mass is 16.1. The maximum absolute atomic E-state index is 12.1. The number of rotatable bonds is 3. The monoisotopic (exact) mass is 235 g/mol. The highest BCUT2D eigenvalue weighted by Gasteiger charge is 2.23.